The number of carbonyl (C=O) groups is 1. The van der Waals surface area contributed by atoms with E-state index in [0.717, 1.165) is 70.7 Å². The van der Waals surface area contributed by atoms with E-state index < -0.39 is 0 Å². The van der Waals surface area contributed by atoms with Crippen LogP contribution in [0.5, 0.6) is 0 Å². The van der Waals surface area contributed by atoms with E-state index in [-0.39, 0.29) is 11.8 Å². The number of rotatable bonds is 5. The monoisotopic (exact) mass is 362 g/mol. The van der Waals surface area contributed by atoms with E-state index in [2.05, 4.69) is 20.4 Å². The number of aromatic nitrogens is 2. The molecule has 1 amide bonds. The molecule has 2 saturated heterocycles. The van der Waals surface area contributed by atoms with Gasteiger partial charge in [0.25, 0.3) is 0 Å². The van der Waals surface area contributed by atoms with Crippen LogP contribution in [0.2, 0.25) is 0 Å². The molecule has 7 nitrogen and oxygen atoms in total. The Balaban J connectivity index is 1.26. The van der Waals surface area contributed by atoms with Crippen LogP contribution in [0, 0.1) is 5.92 Å². The Kier molecular flexibility index (Phi) is 5.84. The van der Waals surface area contributed by atoms with Gasteiger partial charge in [0, 0.05) is 31.7 Å². The maximum absolute atomic E-state index is 12.6. The highest BCUT2D eigenvalue weighted by atomic mass is 16.5. The van der Waals surface area contributed by atoms with Crippen LogP contribution < -0.4 is 5.32 Å². The van der Waals surface area contributed by atoms with Gasteiger partial charge in [-0.3, -0.25) is 9.69 Å². The lowest BCUT2D eigenvalue weighted by atomic mass is 9.94. The van der Waals surface area contributed by atoms with Crippen LogP contribution in [0.25, 0.3) is 0 Å². The summed E-state index contributed by atoms with van der Waals surface area (Å²) in [5, 5.41) is 7.06. The molecule has 0 radical (unpaired) electrons. The maximum Gasteiger partial charge on any atom is 0.229 e. The van der Waals surface area contributed by atoms with Crippen molar-refractivity contribution in [1.82, 2.24) is 20.4 Å². The summed E-state index contributed by atoms with van der Waals surface area (Å²) in [7, 11) is 0. The van der Waals surface area contributed by atoms with Crippen LogP contribution in [0.4, 0.5) is 0 Å². The molecule has 0 aromatic carbocycles. The van der Waals surface area contributed by atoms with E-state index in [1.165, 1.54) is 12.8 Å². The molecule has 1 aromatic rings. The van der Waals surface area contributed by atoms with Crippen molar-refractivity contribution in [2.24, 2.45) is 5.92 Å². The summed E-state index contributed by atoms with van der Waals surface area (Å²) in [6.45, 7) is 4.02. The second-order valence-corrected chi connectivity index (χ2v) is 7.93. The number of ether oxygens (including phenoxy) is 1. The summed E-state index contributed by atoms with van der Waals surface area (Å²) in [6, 6.07) is 0.575. The lowest BCUT2D eigenvalue weighted by Crippen LogP contribution is -2.48. The van der Waals surface area contributed by atoms with Crippen molar-refractivity contribution in [3.8, 4) is 0 Å². The number of piperidine rings is 1. The van der Waals surface area contributed by atoms with Gasteiger partial charge < -0.3 is 14.6 Å². The second-order valence-electron chi connectivity index (χ2n) is 7.93. The fraction of sp³-hybridized carbons (Fsp3) is 0.842. The van der Waals surface area contributed by atoms with E-state index in [4.69, 9.17) is 9.26 Å². The summed E-state index contributed by atoms with van der Waals surface area (Å²) >= 11 is 0. The van der Waals surface area contributed by atoms with Crippen LogP contribution in [-0.4, -0.2) is 53.3 Å². The number of likely N-dealkylation sites (tertiary alicyclic amines) is 1. The smallest absolute Gasteiger partial charge is 0.229 e. The zero-order chi connectivity index (χ0) is 17.8. The first-order valence-electron chi connectivity index (χ1n) is 10.2. The first-order valence-corrected chi connectivity index (χ1v) is 10.2. The number of carbonyl (C=O) groups excluding carboxylic acids is 1. The largest absolute Gasteiger partial charge is 0.381 e. The summed E-state index contributed by atoms with van der Waals surface area (Å²) in [6.07, 6.45) is 8.97. The van der Waals surface area contributed by atoms with Crippen LogP contribution in [0.3, 0.4) is 0 Å². The molecule has 0 unspecified atom stereocenters. The minimum atomic E-state index is 0.0628. The molecule has 0 bridgehead atoms. The van der Waals surface area contributed by atoms with Gasteiger partial charge in [0.2, 0.25) is 11.8 Å². The van der Waals surface area contributed by atoms with Gasteiger partial charge in [-0.05, 0) is 45.1 Å². The highest BCUT2D eigenvalue weighted by Gasteiger charge is 2.30. The van der Waals surface area contributed by atoms with Crippen molar-refractivity contribution in [1.29, 1.82) is 0 Å². The second kappa shape index (κ2) is 8.48. The molecule has 1 N–H and O–H groups in total. The number of hydrogen-bond acceptors (Lipinski definition) is 6. The summed E-state index contributed by atoms with van der Waals surface area (Å²) < 4.78 is 10.9. The SMILES string of the molecule is O=C(NCc1noc(C2CCCC2)n1)[C@@H]1CCCN(C2CCOCC2)C1. The Morgan fingerprint density at radius 3 is 2.73 bits per heavy atom. The minimum Gasteiger partial charge on any atom is -0.381 e. The first-order chi connectivity index (χ1) is 12.8. The van der Waals surface area contributed by atoms with E-state index in [9.17, 15) is 4.79 Å². The molecule has 4 rings (SSSR count). The fourth-order valence-corrected chi connectivity index (χ4v) is 4.59. The van der Waals surface area contributed by atoms with Gasteiger partial charge >= 0.3 is 0 Å². The van der Waals surface area contributed by atoms with E-state index in [0.29, 0.717) is 24.3 Å². The predicted octanol–water partition coefficient (Wildman–Crippen LogP) is 2.23. The van der Waals surface area contributed by atoms with Crippen LogP contribution in [-0.2, 0) is 16.1 Å². The van der Waals surface area contributed by atoms with Crippen molar-refractivity contribution < 1.29 is 14.1 Å². The molecule has 2 aliphatic heterocycles. The van der Waals surface area contributed by atoms with Crippen molar-refractivity contribution >= 4 is 5.91 Å². The van der Waals surface area contributed by atoms with Gasteiger partial charge in [-0.1, -0.05) is 18.0 Å². The van der Waals surface area contributed by atoms with E-state index in [1.54, 1.807) is 0 Å². The van der Waals surface area contributed by atoms with Crippen LogP contribution in [0.1, 0.15) is 69.0 Å². The molecule has 1 saturated carbocycles. The van der Waals surface area contributed by atoms with Crippen molar-refractivity contribution in [2.45, 2.75) is 69.9 Å². The third-order valence-electron chi connectivity index (χ3n) is 6.14. The first kappa shape index (κ1) is 17.9. The summed E-state index contributed by atoms with van der Waals surface area (Å²) in [5.41, 5.74) is 0. The third kappa shape index (κ3) is 4.26. The molecular weight excluding hydrogens is 332 g/mol. The van der Waals surface area contributed by atoms with E-state index >= 15 is 0 Å². The minimum absolute atomic E-state index is 0.0628. The molecule has 3 fully saturated rings. The van der Waals surface area contributed by atoms with Gasteiger partial charge in [0.1, 0.15) is 0 Å². The van der Waals surface area contributed by atoms with Gasteiger partial charge in [-0.15, -0.1) is 0 Å². The van der Waals surface area contributed by atoms with Crippen molar-refractivity contribution in [2.75, 3.05) is 26.3 Å². The topological polar surface area (TPSA) is 80.5 Å². The lowest BCUT2D eigenvalue weighted by Gasteiger charge is -2.39. The average Bonchev–Trinajstić information content (AvgIpc) is 3.38. The molecular formula is C19H30N4O3. The molecule has 3 aliphatic rings. The quantitative estimate of drug-likeness (QED) is 0.865. The number of amides is 1. The fourth-order valence-electron chi connectivity index (χ4n) is 4.59. The molecule has 26 heavy (non-hydrogen) atoms. The number of nitrogens with one attached hydrogen (secondary N) is 1. The normalized spacial score (nSPS) is 26.2. The number of hydrogen-bond donors (Lipinski definition) is 1. The Bertz CT molecular complexity index is 593. The molecule has 1 aliphatic carbocycles. The molecule has 1 atom stereocenters. The molecule has 3 heterocycles. The standard InChI is InChI=1S/C19H30N4O3/c24-18(15-6-3-9-23(13-15)16-7-10-25-11-8-16)20-12-17-21-19(26-22-17)14-4-1-2-5-14/h14-16H,1-13H2,(H,20,24)/t15-/m1/s1. The van der Waals surface area contributed by atoms with Crippen LogP contribution >= 0.6 is 0 Å². The molecule has 1 aromatic heterocycles. The highest BCUT2D eigenvalue weighted by Crippen LogP contribution is 2.32. The van der Waals surface area contributed by atoms with Gasteiger partial charge in [0.15, 0.2) is 5.82 Å². The lowest BCUT2D eigenvalue weighted by molar-refractivity contribution is -0.127. The van der Waals surface area contributed by atoms with Crippen molar-refractivity contribution in [3.05, 3.63) is 11.7 Å². The highest BCUT2D eigenvalue weighted by molar-refractivity contribution is 5.78. The van der Waals surface area contributed by atoms with Crippen LogP contribution in [0.15, 0.2) is 4.52 Å². The summed E-state index contributed by atoms with van der Waals surface area (Å²) in [4.78, 5) is 19.6. The zero-order valence-corrected chi connectivity index (χ0v) is 15.5. The third-order valence-corrected chi connectivity index (χ3v) is 6.14. The Morgan fingerprint density at radius 2 is 1.92 bits per heavy atom. The summed E-state index contributed by atoms with van der Waals surface area (Å²) in [5.74, 6) is 1.94. The molecule has 144 valence electrons. The average molecular weight is 362 g/mol. The van der Waals surface area contributed by atoms with Crippen molar-refractivity contribution in [3.63, 3.8) is 0 Å². The predicted molar refractivity (Wildman–Crippen MR) is 95.5 cm³/mol. The van der Waals surface area contributed by atoms with Gasteiger partial charge in [0.05, 0.1) is 12.5 Å². The Hall–Kier alpha value is -1.47. The Morgan fingerprint density at radius 1 is 1.12 bits per heavy atom. The van der Waals surface area contributed by atoms with E-state index in [1.807, 2.05) is 0 Å². The number of nitrogens with zero attached hydrogens (tertiary/aromatic N) is 3. The molecule has 7 heteroatoms. The van der Waals surface area contributed by atoms with Gasteiger partial charge in [-0.2, -0.15) is 4.98 Å². The maximum atomic E-state index is 12.6. The zero-order valence-electron chi connectivity index (χ0n) is 15.5. The Labute approximate surface area is 154 Å². The van der Waals surface area contributed by atoms with Gasteiger partial charge in [-0.25, -0.2) is 0 Å². The molecule has 0 spiro atoms.